The summed E-state index contributed by atoms with van der Waals surface area (Å²) in [6.07, 6.45) is 1.11. The Kier molecular flexibility index (Phi) is 6.62. The van der Waals surface area contributed by atoms with Crippen LogP contribution in [0.3, 0.4) is 0 Å². The number of sulfonamides is 1. The van der Waals surface area contributed by atoms with Gasteiger partial charge in [-0.25, -0.2) is 17.5 Å². The molecule has 0 aliphatic heterocycles. The number of nitrogens with two attached hydrogens (primary N) is 1. The maximum absolute atomic E-state index is 14.4. The SMILES string of the molecule is C=Nc1c(N)nc(F)nc1N(CCCS(=O)(=O)NC1CC1)Cc1cc2c(cc1C)CCC2F. The number of nitrogen functional groups attached to an aromatic ring is 1. The fourth-order valence-electron chi connectivity index (χ4n) is 4.18. The van der Waals surface area contributed by atoms with E-state index in [0.29, 0.717) is 18.4 Å². The van der Waals surface area contributed by atoms with Gasteiger partial charge < -0.3 is 10.6 Å². The number of halogens is 2. The van der Waals surface area contributed by atoms with E-state index in [0.717, 1.165) is 29.5 Å². The van der Waals surface area contributed by atoms with Crippen LogP contribution in [0.25, 0.3) is 0 Å². The van der Waals surface area contributed by atoms with Gasteiger partial charge in [0.05, 0.1) is 5.75 Å². The van der Waals surface area contributed by atoms with E-state index in [-0.39, 0.29) is 48.6 Å². The van der Waals surface area contributed by atoms with E-state index >= 15 is 0 Å². The Labute approximate surface area is 192 Å². The Morgan fingerprint density at radius 3 is 2.76 bits per heavy atom. The van der Waals surface area contributed by atoms with Crippen LogP contribution in [0.2, 0.25) is 0 Å². The second-order valence-corrected chi connectivity index (χ2v) is 10.6. The molecule has 33 heavy (non-hydrogen) atoms. The molecule has 4 rings (SSSR count). The number of aryl methyl sites for hydroxylation is 2. The first kappa shape index (κ1) is 23.5. The number of nitrogens with zero attached hydrogens (tertiary/aromatic N) is 4. The van der Waals surface area contributed by atoms with Gasteiger partial charge in [0.25, 0.3) is 0 Å². The Hall–Kier alpha value is -2.66. The highest BCUT2D eigenvalue weighted by Gasteiger charge is 2.28. The largest absolute Gasteiger partial charge is 0.382 e. The summed E-state index contributed by atoms with van der Waals surface area (Å²) in [4.78, 5) is 13.0. The molecule has 1 atom stereocenters. The molecule has 0 amide bonds. The molecule has 11 heteroatoms. The van der Waals surface area contributed by atoms with E-state index in [2.05, 4.69) is 26.4 Å². The smallest absolute Gasteiger partial charge is 0.312 e. The molecular formula is C22H28F2N6O2S. The van der Waals surface area contributed by atoms with E-state index < -0.39 is 22.3 Å². The first-order valence-corrected chi connectivity index (χ1v) is 12.6. The fourth-order valence-corrected chi connectivity index (χ4v) is 5.55. The third kappa shape index (κ3) is 5.47. The highest BCUT2D eigenvalue weighted by molar-refractivity contribution is 7.89. The zero-order valence-corrected chi connectivity index (χ0v) is 19.3. The molecule has 1 heterocycles. The van der Waals surface area contributed by atoms with E-state index in [4.69, 9.17) is 5.73 Å². The molecule has 3 N–H and O–H groups in total. The van der Waals surface area contributed by atoms with Crippen LogP contribution < -0.4 is 15.4 Å². The van der Waals surface area contributed by atoms with Gasteiger partial charge in [-0.2, -0.15) is 14.4 Å². The molecule has 0 radical (unpaired) electrons. The van der Waals surface area contributed by atoms with Crippen LogP contribution in [0.5, 0.6) is 0 Å². The number of aromatic nitrogens is 2. The van der Waals surface area contributed by atoms with Crippen molar-refractivity contribution in [2.24, 2.45) is 4.99 Å². The van der Waals surface area contributed by atoms with Crippen molar-refractivity contribution >= 4 is 34.1 Å². The number of hydrogen-bond donors (Lipinski definition) is 2. The molecule has 1 saturated carbocycles. The van der Waals surface area contributed by atoms with Gasteiger partial charge in [-0.15, -0.1) is 0 Å². The maximum atomic E-state index is 14.4. The summed E-state index contributed by atoms with van der Waals surface area (Å²) in [5.41, 5.74) is 9.43. The van der Waals surface area contributed by atoms with Crippen LogP contribution in [0.15, 0.2) is 17.1 Å². The van der Waals surface area contributed by atoms with Crippen molar-refractivity contribution in [2.45, 2.75) is 57.8 Å². The highest BCUT2D eigenvalue weighted by atomic mass is 32.2. The van der Waals surface area contributed by atoms with Gasteiger partial charge in [0.15, 0.2) is 11.6 Å². The summed E-state index contributed by atoms with van der Waals surface area (Å²) < 4.78 is 55.7. The van der Waals surface area contributed by atoms with E-state index in [1.165, 1.54) is 0 Å². The van der Waals surface area contributed by atoms with Gasteiger partial charge in [-0.3, -0.25) is 4.99 Å². The first-order valence-electron chi connectivity index (χ1n) is 11.0. The Bertz CT molecular complexity index is 1170. The lowest BCUT2D eigenvalue weighted by atomic mass is 10.00. The molecule has 178 valence electrons. The number of benzene rings is 1. The molecule has 0 bridgehead atoms. The minimum absolute atomic E-state index is 0.0288. The minimum atomic E-state index is -3.42. The summed E-state index contributed by atoms with van der Waals surface area (Å²) in [7, 11) is -3.42. The quantitative estimate of drug-likeness (QED) is 0.400. The molecule has 0 saturated heterocycles. The predicted molar refractivity (Wildman–Crippen MR) is 125 cm³/mol. The summed E-state index contributed by atoms with van der Waals surface area (Å²) in [5, 5.41) is 0. The molecule has 2 aromatic rings. The van der Waals surface area contributed by atoms with Crippen molar-refractivity contribution in [3.8, 4) is 0 Å². The molecule has 0 spiro atoms. The van der Waals surface area contributed by atoms with Gasteiger partial charge >= 0.3 is 6.08 Å². The minimum Gasteiger partial charge on any atom is -0.382 e. The summed E-state index contributed by atoms with van der Waals surface area (Å²) >= 11 is 0. The zero-order chi connectivity index (χ0) is 23.8. The number of anilines is 2. The van der Waals surface area contributed by atoms with Crippen LogP contribution in [-0.4, -0.2) is 43.4 Å². The molecule has 1 unspecified atom stereocenters. The third-order valence-corrected chi connectivity index (χ3v) is 7.57. The number of alkyl halides is 1. The maximum Gasteiger partial charge on any atom is 0.312 e. The van der Waals surface area contributed by atoms with Crippen LogP contribution in [-0.2, 0) is 23.0 Å². The Morgan fingerprint density at radius 2 is 2.06 bits per heavy atom. The monoisotopic (exact) mass is 478 g/mol. The lowest BCUT2D eigenvalue weighted by Crippen LogP contribution is -2.32. The molecule has 1 aromatic heterocycles. The Morgan fingerprint density at radius 1 is 1.30 bits per heavy atom. The summed E-state index contributed by atoms with van der Waals surface area (Å²) in [6.45, 7) is 5.91. The first-order chi connectivity index (χ1) is 15.7. The lowest BCUT2D eigenvalue weighted by molar-refractivity contribution is 0.343. The molecule has 8 nitrogen and oxygen atoms in total. The van der Waals surface area contributed by atoms with Crippen molar-refractivity contribution in [1.82, 2.24) is 14.7 Å². The van der Waals surface area contributed by atoms with E-state index in [9.17, 15) is 17.2 Å². The fraction of sp³-hybridized carbons (Fsp3) is 0.500. The highest BCUT2D eigenvalue weighted by Crippen LogP contribution is 2.37. The van der Waals surface area contributed by atoms with E-state index in [1.54, 1.807) is 4.90 Å². The third-order valence-electron chi connectivity index (χ3n) is 6.05. The average molecular weight is 479 g/mol. The average Bonchev–Trinajstić information content (AvgIpc) is 3.47. The summed E-state index contributed by atoms with van der Waals surface area (Å²) in [5.74, 6) is -0.121. The van der Waals surface area contributed by atoms with Crippen LogP contribution in [0.1, 0.15) is 54.1 Å². The number of hydrogen-bond acceptors (Lipinski definition) is 7. The van der Waals surface area contributed by atoms with Crippen molar-refractivity contribution in [3.05, 3.63) is 40.5 Å². The zero-order valence-electron chi connectivity index (χ0n) is 18.5. The van der Waals surface area contributed by atoms with Crippen molar-refractivity contribution in [3.63, 3.8) is 0 Å². The van der Waals surface area contributed by atoms with Crippen molar-refractivity contribution in [1.29, 1.82) is 0 Å². The van der Waals surface area contributed by atoms with Crippen LogP contribution in [0.4, 0.5) is 26.1 Å². The lowest BCUT2D eigenvalue weighted by Gasteiger charge is -2.26. The molecular weight excluding hydrogens is 450 g/mol. The van der Waals surface area contributed by atoms with Crippen molar-refractivity contribution < 1.29 is 17.2 Å². The van der Waals surface area contributed by atoms with Gasteiger partial charge in [0.1, 0.15) is 11.9 Å². The van der Waals surface area contributed by atoms with E-state index in [1.807, 2.05) is 19.1 Å². The van der Waals surface area contributed by atoms with Crippen LogP contribution >= 0.6 is 0 Å². The van der Waals surface area contributed by atoms with Gasteiger partial charge in [0, 0.05) is 19.1 Å². The van der Waals surface area contributed by atoms with Gasteiger partial charge in [0.2, 0.25) is 10.0 Å². The standard InChI is InChI=1S/C22H28F2N6O2S/c1-13-10-14-4-7-18(23)17(14)11-15(13)12-30(8-3-9-33(31,32)29-16-5-6-16)21-19(26-2)20(25)27-22(24)28-21/h10-11,16,18,29H,2-9,12H2,1H3,(H2,25,27,28). The van der Waals surface area contributed by atoms with Crippen molar-refractivity contribution in [2.75, 3.05) is 22.9 Å². The topological polar surface area (TPSA) is 114 Å². The van der Waals surface area contributed by atoms with Gasteiger partial charge in [-0.05, 0) is 68.0 Å². The molecule has 1 fully saturated rings. The number of aliphatic imine (C=N–C) groups is 1. The number of rotatable bonds is 10. The van der Waals surface area contributed by atoms with Gasteiger partial charge in [-0.1, -0.05) is 12.1 Å². The number of fused-ring (bicyclic) bond motifs is 1. The summed E-state index contributed by atoms with van der Waals surface area (Å²) in [6, 6.07) is 3.84. The molecule has 2 aliphatic rings. The predicted octanol–water partition coefficient (Wildman–Crippen LogP) is 3.27. The second-order valence-electron chi connectivity index (χ2n) is 8.68. The second kappa shape index (κ2) is 9.30. The van der Waals surface area contributed by atoms with Crippen LogP contribution in [0, 0.1) is 13.0 Å². The number of nitrogens with one attached hydrogen (secondary N) is 1. The molecule has 1 aromatic carbocycles. The Balaban J connectivity index is 1.62. The molecule has 2 aliphatic carbocycles. The normalized spacial score (nSPS) is 17.7.